The van der Waals surface area contributed by atoms with Crippen molar-refractivity contribution in [3.8, 4) is 0 Å². The zero-order valence-electron chi connectivity index (χ0n) is 9.59. The van der Waals surface area contributed by atoms with Gasteiger partial charge in [-0.25, -0.2) is 0 Å². The van der Waals surface area contributed by atoms with Gasteiger partial charge < -0.3 is 14.6 Å². The van der Waals surface area contributed by atoms with Crippen LogP contribution >= 0.6 is 11.6 Å². The molecule has 1 aromatic heterocycles. The first-order chi connectivity index (χ1) is 7.17. The molecular weight excluding hydrogens is 212 g/mol. The van der Waals surface area contributed by atoms with Crippen molar-refractivity contribution in [2.45, 2.75) is 25.9 Å². The monoisotopic (exact) mass is 230 g/mol. The van der Waals surface area contributed by atoms with Crippen LogP contribution in [0.1, 0.15) is 19.0 Å². The van der Waals surface area contributed by atoms with Gasteiger partial charge in [-0.3, -0.25) is 0 Å². The highest BCUT2D eigenvalue weighted by Gasteiger charge is 2.06. The molecule has 15 heavy (non-hydrogen) atoms. The molecule has 1 aromatic rings. The summed E-state index contributed by atoms with van der Waals surface area (Å²) in [5, 5.41) is 4.22. The first-order valence-electron chi connectivity index (χ1n) is 5.20. The van der Waals surface area contributed by atoms with E-state index in [4.69, 9.17) is 16.3 Å². The molecule has 1 rings (SSSR count). The molecule has 0 saturated heterocycles. The van der Waals surface area contributed by atoms with Gasteiger partial charge in [-0.05, 0) is 12.5 Å². The maximum Gasteiger partial charge on any atom is 0.0615 e. The number of methoxy groups -OCH3 is 1. The molecule has 1 N–H and O–H groups in total. The number of rotatable bonds is 6. The molecule has 0 bridgehead atoms. The average Bonchev–Trinajstić information content (AvgIpc) is 2.52. The number of aromatic nitrogens is 1. The summed E-state index contributed by atoms with van der Waals surface area (Å²) in [6.45, 7) is 3.72. The van der Waals surface area contributed by atoms with Crippen molar-refractivity contribution in [1.29, 1.82) is 0 Å². The molecule has 0 fully saturated rings. The Morgan fingerprint density at radius 2 is 2.33 bits per heavy atom. The second kappa shape index (κ2) is 6.16. The zero-order chi connectivity index (χ0) is 11.3. The van der Waals surface area contributed by atoms with Crippen LogP contribution in [0.4, 0.5) is 0 Å². The summed E-state index contributed by atoms with van der Waals surface area (Å²) in [6, 6.07) is 2.39. The summed E-state index contributed by atoms with van der Waals surface area (Å²) in [6.07, 6.45) is 2.97. The smallest absolute Gasteiger partial charge is 0.0615 e. The van der Waals surface area contributed by atoms with E-state index in [1.165, 1.54) is 5.69 Å². The van der Waals surface area contributed by atoms with E-state index in [1.807, 2.05) is 23.9 Å². The Labute approximate surface area is 96.4 Å². The number of nitrogens with zero attached hydrogens (tertiary/aromatic N) is 1. The largest absolute Gasteiger partial charge is 0.383 e. The summed E-state index contributed by atoms with van der Waals surface area (Å²) in [7, 11) is 3.73. The van der Waals surface area contributed by atoms with Gasteiger partial charge in [-0.1, -0.05) is 18.5 Å². The first-order valence-corrected chi connectivity index (χ1v) is 5.58. The molecule has 0 aliphatic carbocycles. The third-order valence-corrected chi connectivity index (χ3v) is 2.71. The van der Waals surface area contributed by atoms with E-state index in [0.29, 0.717) is 6.04 Å². The second-order valence-electron chi connectivity index (χ2n) is 3.70. The Kier molecular flexibility index (Phi) is 5.15. The molecule has 3 nitrogen and oxygen atoms in total. The van der Waals surface area contributed by atoms with Crippen molar-refractivity contribution in [3.05, 3.63) is 23.0 Å². The van der Waals surface area contributed by atoms with Crippen LogP contribution in [-0.2, 0) is 18.3 Å². The van der Waals surface area contributed by atoms with Crippen molar-refractivity contribution in [3.63, 3.8) is 0 Å². The van der Waals surface area contributed by atoms with Crippen LogP contribution in [-0.4, -0.2) is 24.3 Å². The highest BCUT2D eigenvalue weighted by Crippen LogP contribution is 2.12. The predicted octanol–water partition coefficient (Wildman–Crippen LogP) is 2.19. The van der Waals surface area contributed by atoms with Gasteiger partial charge in [0, 0.05) is 38.6 Å². The predicted molar refractivity (Wildman–Crippen MR) is 63.2 cm³/mol. The Bertz CT molecular complexity index is 299. The molecule has 0 saturated carbocycles. The van der Waals surface area contributed by atoms with Crippen LogP contribution in [0.3, 0.4) is 0 Å². The lowest BCUT2D eigenvalue weighted by Gasteiger charge is -2.15. The third-order valence-electron chi connectivity index (χ3n) is 2.51. The molecule has 4 heteroatoms. The minimum absolute atomic E-state index is 0.406. The molecule has 1 unspecified atom stereocenters. The summed E-state index contributed by atoms with van der Waals surface area (Å²) >= 11 is 5.90. The van der Waals surface area contributed by atoms with E-state index >= 15 is 0 Å². The van der Waals surface area contributed by atoms with E-state index < -0.39 is 0 Å². The minimum atomic E-state index is 0.406. The minimum Gasteiger partial charge on any atom is -0.383 e. The normalized spacial score (nSPS) is 13.1. The Hall–Kier alpha value is -0.510. The van der Waals surface area contributed by atoms with Crippen molar-refractivity contribution >= 4 is 11.6 Å². The number of nitrogens with one attached hydrogen (secondary N) is 1. The molecule has 0 radical (unpaired) electrons. The molecule has 1 heterocycles. The molecule has 0 spiro atoms. The number of aryl methyl sites for hydroxylation is 1. The Morgan fingerprint density at radius 1 is 1.60 bits per heavy atom. The van der Waals surface area contributed by atoms with Crippen molar-refractivity contribution in [1.82, 2.24) is 9.88 Å². The maximum absolute atomic E-state index is 5.90. The van der Waals surface area contributed by atoms with E-state index in [0.717, 1.165) is 24.6 Å². The molecule has 0 aliphatic heterocycles. The zero-order valence-corrected chi connectivity index (χ0v) is 10.3. The lowest BCUT2D eigenvalue weighted by atomic mass is 10.2. The Balaban J connectivity index is 2.44. The summed E-state index contributed by atoms with van der Waals surface area (Å²) in [5.41, 5.74) is 1.19. The van der Waals surface area contributed by atoms with Crippen LogP contribution in [0.5, 0.6) is 0 Å². The SMILES string of the molecule is CCC(COC)NCc1cc(Cl)cn1C. The molecular formula is C11H19ClN2O. The van der Waals surface area contributed by atoms with Crippen molar-refractivity contribution in [2.75, 3.05) is 13.7 Å². The van der Waals surface area contributed by atoms with Gasteiger partial charge in [-0.2, -0.15) is 0 Å². The third kappa shape index (κ3) is 3.86. The molecule has 0 amide bonds. The average molecular weight is 231 g/mol. The standard InChI is InChI=1S/C11H19ClN2O/c1-4-10(8-15-3)13-6-11-5-9(12)7-14(11)2/h5,7,10,13H,4,6,8H2,1-3H3. The summed E-state index contributed by atoms with van der Waals surface area (Å²) < 4.78 is 7.16. The van der Waals surface area contributed by atoms with Crippen molar-refractivity contribution < 1.29 is 4.74 Å². The summed E-state index contributed by atoms with van der Waals surface area (Å²) in [4.78, 5) is 0. The Morgan fingerprint density at radius 3 is 2.80 bits per heavy atom. The van der Waals surface area contributed by atoms with Crippen LogP contribution in [0, 0.1) is 0 Å². The van der Waals surface area contributed by atoms with Crippen LogP contribution in [0.15, 0.2) is 12.3 Å². The number of hydrogen-bond donors (Lipinski definition) is 1. The van der Waals surface area contributed by atoms with Gasteiger partial charge in [0.1, 0.15) is 0 Å². The van der Waals surface area contributed by atoms with Crippen LogP contribution in [0.2, 0.25) is 5.02 Å². The molecule has 0 aromatic carbocycles. The van der Waals surface area contributed by atoms with E-state index in [-0.39, 0.29) is 0 Å². The van der Waals surface area contributed by atoms with E-state index in [1.54, 1.807) is 7.11 Å². The highest BCUT2D eigenvalue weighted by atomic mass is 35.5. The van der Waals surface area contributed by atoms with E-state index in [2.05, 4.69) is 12.2 Å². The van der Waals surface area contributed by atoms with Gasteiger partial charge in [0.2, 0.25) is 0 Å². The number of hydrogen-bond acceptors (Lipinski definition) is 2. The van der Waals surface area contributed by atoms with Gasteiger partial charge in [0.05, 0.1) is 11.6 Å². The maximum atomic E-state index is 5.90. The fraction of sp³-hybridized carbons (Fsp3) is 0.636. The fourth-order valence-electron chi connectivity index (χ4n) is 1.51. The van der Waals surface area contributed by atoms with Crippen LogP contribution in [0.25, 0.3) is 0 Å². The topological polar surface area (TPSA) is 26.2 Å². The van der Waals surface area contributed by atoms with Crippen molar-refractivity contribution in [2.24, 2.45) is 7.05 Å². The van der Waals surface area contributed by atoms with Gasteiger partial charge in [0.25, 0.3) is 0 Å². The number of ether oxygens (including phenoxy) is 1. The first kappa shape index (κ1) is 12.6. The van der Waals surface area contributed by atoms with Crippen LogP contribution < -0.4 is 5.32 Å². The molecule has 0 aliphatic rings. The molecule has 86 valence electrons. The van der Waals surface area contributed by atoms with E-state index in [9.17, 15) is 0 Å². The quantitative estimate of drug-likeness (QED) is 0.811. The van der Waals surface area contributed by atoms with Gasteiger partial charge >= 0.3 is 0 Å². The van der Waals surface area contributed by atoms with Gasteiger partial charge in [0.15, 0.2) is 0 Å². The van der Waals surface area contributed by atoms with Gasteiger partial charge in [-0.15, -0.1) is 0 Å². The fourth-order valence-corrected chi connectivity index (χ4v) is 1.79. The lowest BCUT2D eigenvalue weighted by Crippen LogP contribution is -2.32. The summed E-state index contributed by atoms with van der Waals surface area (Å²) in [5.74, 6) is 0. The lowest BCUT2D eigenvalue weighted by molar-refractivity contribution is 0.163. The second-order valence-corrected chi connectivity index (χ2v) is 4.14. The molecule has 1 atom stereocenters. The highest BCUT2D eigenvalue weighted by molar-refractivity contribution is 6.30. The number of halogens is 1.